The standard InChI is InChI=1S/C9H7FN2S/c10-6-2-1-3-7-5(6)4-8(13-7)9(11)12/h1-4H,(H3,11,12). The average molecular weight is 194 g/mol. The van der Waals surface area contributed by atoms with Crippen molar-refractivity contribution in [3.05, 3.63) is 35.0 Å². The van der Waals surface area contributed by atoms with Gasteiger partial charge in [-0.3, -0.25) is 5.41 Å². The van der Waals surface area contributed by atoms with Gasteiger partial charge in [-0.1, -0.05) is 6.07 Å². The Balaban J connectivity index is 2.75. The Morgan fingerprint density at radius 3 is 2.85 bits per heavy atom. The summed E-state index contributed by atoms with van der Waals surface area (Å²) < 4.78 is 14.0. The minimum Gasteiger partial charge on any atom is -0.383 e. The lowest BCUT2D eigenvalue weighted by molar-refractivity contribution is 0.640. The smallest absolute Gasteiger partial charge is 0.133 e. The van der Waals surface area contributed by atoms with Gasteiger partial charge in [0.15, 0.2) is 0 Å². The minimum atomic E-state index is -0.263. The van der Waals surface area contributed by atoms with Crippen LogP contribution < -0.4 is 5.73 Å². The van der Waals surface area contributed by atoms with Crippen molar-refractivity contribution in [2.45, 2.75) is 0 Å². The molecule has 0 unspecified atom stereocenters. The molecule has 2 rings (SSSR count). The first-order valence-corrected chi connectivity index (χ1v) is 4.52. The summed E-state index contributed by atoms with van der Waals surface area (Å²) in [6.07, 6.45) is 0. The molecule has 0 radical (unpaired) electrons. The SMILES string of the molecule is N=C(N)c1cc2c(F)cccc2s1. The molecule has 0 spiro atoms. The lowest BCUT2D eigenvalue weighted by Gasteiger charge is -1.88. The van der Waals surface area contributed by atoms with Crippen molar-refractivity contribution in [2.24, 2.45) is 5.73 Å². The molecule has 0 aliphatic rings. The van der Waals surface area contributed by atoms with Gasteiger partial charge in [0, 0.05) is 10.1 Å². The molecule has 13 heavy (non-hydrogen) atoms. The van der Waals surface area contributed by atoms with E-state index in [1.165, 1.54) is 17.4 Å². The van der Waals surface area contributed by atoms with Gasteiger partial charge >= 0.3 is 0 Å². The van der Waals surface area contributed by atoms with E-state index in [2.05, 4.69) is 0 Å². The maximum atomic E-state index is 13.2. The highest BCUT2D eigenvalue weighted by Gasteiger charge is 2.06. The van der Waals surface area contributed by atoms with E-state index in [-0.39, 0.29) is 11.7 Å². The molecule has 66 valence electrons. The molecule has 2 aromatic rings. The molecule has 0 amide bonds. The molecule has 0 saturated heterocycles. The Morgan fingerprint density at radius 2 is 2.23 bits per heavy atom. The highest BCUT2D eigenvalue weighted by molar-refractivity contribution is 7.20. The topological polar surface area (TPSA) is 49.9 Å². The third kappa shape index (κ3) is 1.29. The molecule has 0 bridgehead atoms. The zero-order valence-corrected chi connectivity index (χ0v) is 7.49. The number of thiophene rings is 1. The van der Waals surface area contributed by atoms with Gasteiger partial charge in [-0.25, -0.2) is 4.39 Å². The minimum absolute atomic E-state index is 0.0133. The summed E-state index contributed by atoms with van der Waals surface area (Å²) >= 11 is 1.33. The van der Waals surface area contributed by atoms with Gasteiger partial charge in [-0.05, 0) is 18.2 Å². The molecular weight excluding hydrogens is 187 g/mol. The van der Waals surface area contributed by atoms with E-state index in [4.69, 9.17) is 11.1 Å². The molecule has 1 heterocycles. The maximum Gasteiger partial charge on any atom is 0.133 e. The number of hydrogen-bond acceptors (Lipinski definition) is 2. The molecule has 0 fully saturated rings. The fourth-order valence-corrected chi connectivity index (χ4v) is 2.09. The van der Waals surface area contributed by atoms with Crippen LogP contribution in [0.1, 0.15) is 4.88 Å². The van der Waals surface area contributed by atoms with E-state index < -0.39 is 0 Å². The van der Waals surface area contributed by atoms with Crippen molar-refractivity contribution in [1.82, 2.24) is 0 Å². The maximum absolute atomic E-state index is 13.2. The molecule has 0 aliphatic carbocycles. The van der Waals surface area contributed by atoms with Crippen LogP contribution in [-0.4, -0.2) is 5.84 Å². The van der Waals surface area contributed by atoms with Gasteiger partial charge in [-0.2, -0.15) is 0 Å². The Hall–Kier alpha value is -1.42. The van der Waals surface area contributed by atoms with Gasteiger partial charge in [-0.15, -0.1) is 11.3 Å². The van der Waals surface area contributed by atoms with Crippen LogP contribution in [0.5, 0.6) is 0 Å². The number of fused-ring (bicyclic) bond motifs is 1. The second-order valence-electron chi connectivity index (χ2n) is 2.68. The van der Waals surface area contributed by atoms with Crippen molar-refractivity contribution in [3.8, 4) is 0 Å². The fraction of sp³-hybridized carbons (Fsp3) is 0. The first-order valence-electron chi connectivity index (χ1n) is 3.71. The van der Waals surface area contributed by atoms with Crippen molar-refractivity contribution in [2.75, 3.05) is 0 Å². The van der Waals surface area contributed by atoms with E-state index in [0.29, 0.717) is 10.3 Å². The largest absolute Gasteiger partial charge is 0.383 e. The van der Waals surface area contributed by atoms with Crippen LogP contribution in [0.2, 0.25) is 0 Å². The van der Waals surface area contributed by atoms with Gasteiger partial charge in [0.05, 0.1) is 4.88 Å². The number of hydrogen-bond donors (Lipinski definition) is 2. The van der Waals surface area contributed by atoms with Gasteiger partial charge in [0.1, 0.15) is 11.7 Å². The van der Waals surface area contributed by atoms with Crippen LogP contribution in [-0.2, 0) is 0 Å². The third-order valence-electron chi connectivity index (χ3n) is 1.77. The first kappa shape index (κ1) is 8.19. The fourth-order valence-electron chi connectivity index (χ4n) is 1.16. The summed E-state index contributed by atoms with van der Waals surface area (Å²) in [7, 11) is 0. The third-order valence-corrected chi connectivity index (χ3v) is 2.91. The van der Waals surface area contributed by atoms with Gasteiger partial charge in [0.25, 0.3) is 0 Å². The van der Waals surface area contributed by atoms with E-state index >= 15 is 0 Å². The van der Waals surface area contributed by atoms with Gasteiger partial charge in [0.2, 0.25) is 0 Å². The van der Waals surface area contributed by atoms with E-state index in [1.54, 1.807) is 12.1 Å². The number of nitrogen functional groups attached to an aromatic ring is 1. The van der Waals surface area contributed by atoms with Crippen LogP contribution >= 0.6 is 11.3 Å². The monoisotopic (exact) mass is 194 g/mol. The van der Waals surface area contributed by atoms with Gasteiger partial charge < -0.3 is 5.73 Å². The Morgan fingerprint density at radius 1 is 1.46 bits per heavy atom. The van der Waals surface area contributed by atoms with Crippen molar-refractivity contribution < 1.29 is 4.39 Å². The quantitative estimate of drug-likeness (QED) is 0.531. The van der Waals surface area contributed by atoms with Crippen molar-refractivity contribution in [3.63, 3.8) is 0 Å². The molecule has 4 heteroatoms. The normalized spacial score (nSPS) is 10.5. The summed E-state index contributed by atoms with van der Waals surface area (Å²) in [6.45, 7) is 0. The zero-order valence-electron chi connectivity index (χ0n) is 6.67. The van der Waals surface area contributed by atoms with E-state index in [1.807, 2.05) is 6.07 Å². The molecule has 1 aromatic heterocycles. The molecule has 1 aromatic carbocycles. The van der Waals surface area contributed by atoms with E-state index in [0.717, 1.165) is 4.70 Å². The summed E-state index contributed by atoms with van der Waals surface area (Å²) in [5, 5.41) is 7.74. The molecule has 0 saturated carbocycles. The van der Waals surface area contributed by atoms with Crippen molar-refractivity contribution in [1.29, 1.82) is 5.41 Å². The van der Waals surface area contributed by atoms with Crippen LogP contribution in [0.3, 0.4) is 0 Å². The van der Waals surface area contributed by atoms with E-state index in [9.17, 15) is 4.39 Å². The Bertz CT molecular complexity index is 475. The average Bonchev–Trinajstić information content (AvgIpc) is 2.49. The zero-order chi connectivity index (χ0) is 9.42. The summed E-state index contributed by atoms with van der Waals surface area (Å²) in [5.74, 6) is -0.276. The highest BCUT2D eigenvalue weighted by Crippen LogP contribution is 2.26. The number of amidine groups is 1. The summed E-state index contributed by atoms with van der Waals surface area (Å²) in [6, 6.07) is 6.48. The molecular formula is C9H7FN2S. The first-order chi connectivity index (χ1) is 6.18. The number of halogens is 1. The predicted octanol–water partition coefficient (Wildman–Crippen LogP) is 2.32. The summed E-state index contributed by atoms with van der Waals surface area (Å²) in [4.78, 5) is 0.611. The molecule has 0 atom stereocenters. The van der Waals surface area contributed by atoms with Crippen LogP contribution in [0.4, 0.5) is 4.39 Å². The molecule has 2 nitrogen and oxygen atoms in total. The van der Waals surface area contributed by atoms with Crippen LogP contribution in [0.25, 0.3) is 10.1 Å². The second kappa shape index (κ2) is 2.81. The highest BCUT2D eigenvalue weighted by atomic mass is 32.1. The number of rotatable bonds is 1. The Kier molecular flexibility index (Phi) is 1.77. The second-order valence-corrected chi connectivity index (χ2v) is 3.76. The van der Waals surface area contributed by atoms with Crippen LogP contribution in [0, 0.1) is 11.2 Å². The van der Waals surface area contributed by atoms with Crippen LogP contribution in [0.15, 0.2) is 24.3 Å². The van der Waals surface area contributed by atoms with Crippen molar-refractivity contribution >= 4 is 27.3 Å². The number of nitrogens with one attached hydrogen (secondary N) is 1. The lowest BCUT2D eigenvalue weighted by Crippen LogP contribution is -2.08. The summed E-state index contributed by atoms with van der Waals surface area (Å²) in [5.41, 5.74) is 5.30. The number of nitrogens with two attached hydrogens (primary N) is 1. The molecule has 3 N–H and O–H groups in total. The Labute approximate surface area is 78.3 Å². The number of benzene rings is 1. The predicted molar refractivity (Wildman–Crippen MR) is 52.8 cm³/mol. The molecule has 0 aliphatic heterocycles. The lowest BCUT2D eigenvalue weighted by atomic mass is 10.2.